The molecule has 9 nitrogen and oxygen atoms in total. The number of aliphatic hydroxyl groups excluding tert-OH is 5. The highest BCUT2D eigenvalue weighted by molar-refractivity contribution is 5.76. The zero-order valence-electron chi connectivity index (χ0n) is 41.7. The zero-order valence-corrected chi connectivity index (χ0v) is 41.7. The first-order chi connectivity index (χ1) is 32.3. The smallest absolute Gasteiger partial charge is 0.220 e. The fourth-order valence-corrected chi connectivity index (χ4v) is 7.72. The summed E-state index contributed by atoms with van der Waals surface area (Å²) < 4.78 is 11.1. The van der Waals surface area contributed by atoms with E-state index < -0.39 is 49.5 Å². The fraction of sp³-hybridized carbons (Fsp3) is 0.702. The van der Waals surface area contributed by atoms with E-state index in [-0.39, 0.29) is 12.5 Å². The Hall–Kier alpha value is -2.89. The number of rotatable bonds is 43. The number of nitrogens with one attached hydrogen (secondary N) is 1. The largest absolute Gasteiger partial charge is 0.394 e. The standard InChI is InChI=1S/C57H97NO8/c1-3-5-7-9-11-12-13-14-15-16-17-18-19-20-21-22-23-24-25-26-27-28-29-30-31-32-33-34-35-36-37-38-39-40-41-43-45-47-53(61)58-50(51(60)46-44-42-10-8-6-4-2)49-65-57-56(64)55(63)54(62)52(48-59)66-57/h5,7,11-12,14-15,17-18,20-21,23-24,26-27,44,46,50-52,54-57,59-60,62-64H,3-4,6,8-10,13,16,19,22,25,28-43,45,47-49H2,1-2H3,(H,58,61)/b7-5-,12-11-,15-14-,18-17-,21-20-,24-23-,27-26-,46-44+. The Labute approximate surface area is 403 Å². The van der Waals surface area contributed by atoms with E-state index in [0.717, 1.165) is 96.3 Å². The average molecular weight is 924 g/mol. The molecule has 66 heavy (non-hydrogen) atoms. The van der Waals surface area contributed by atoms with Crippen LogP contribution in [-0.4, -0.2) is 87.5 Å². The molecule has 1 aliphatic heterocycles. The Morgan fingerprint density at radius 1 is 0.530 bits per heavy atom. The van der Waals surface area contributed by atoms with Crippen LogP contribution in [0.3, 0.4) is 0 Å². The van der Waals surface area contributed by atoms with Crippen molar-refractivity contribution in [1.29, 1.82) is 0 Å². The van der Waals surface area contributed by atoms with Crippen LogP contribution >= 0.6 is 0 Å². The maximum atomic E-state index is 12.9. The van der Waals surface area contributed by atoms with Gasteiger partial charge in [-0.05, 0) is 77.0 Å². The second kappa shape index (κ2) is 45.9. The first-order valence-electron chi connectivity index (χ1n) is 26.5. The number of carbonyl (C=O) groups is 1. The highest BCUT2D eigenvalue weighted by Crippen LogP contribution is 2.23. The summed E-state index contributed by atoms with van der Waals surface area (Å²) in [4.78, 5) is 12.9. The third-order valence-corrected chi connectivity index (χ3v) is 11.9. The molecule has 0 spiro atoms. The average Bonchev–Trinajstić information content (AvgIpc) is 3.32. The molecule has 0 bridgehead atoms. The Bertz CT molecular complexity index is 1350. The van der Waals surface area contributed by atoms with Gasteiger partial charge < -0.3 is 40.3 Å². The molecule has 1 amide bonds. The summed E-state index contributed by atoms with van der Waals surface area (Å²) in [6, 6.07) is -0.805. The van der Waals surface area contributed by atoms with Crippen molar-refractivity contribution in [2.24, 2.45) is 0 Å². The van der Waals surface area contributed by atoms with E-state index in [0.29, 0.717) is 6.42 Å². The molecule has 1 fully saturated rings. The third-order valence-electron chi connectivity index (χ3n) is 11.9. The molecule has 0 radical (unpaired) electrons. The highest BCUT2D eigenvalue weighted by atomic mass is 16.7. The molecule has 9 heteroatoms. The van der Waals surface area contributed by atoms with Gasteiger partial charge >= 0.3 is 0 Å². The van der Waals surface area contributed by atoms with Gasteiger partial charge in [0, 0.05) is 6.42 Å². The van der Waals surface area contributed by atoms with Gasteiger partial charge in [0.15, 0.2) is 6.29 Å². The predicted molar refractivity (Wildman–Crippen MR) is 276 cm³/mol. The van der Waals surface area contributed by atoms with Crippen molar-refractivity contribution < 1.29 is 39.8 Å². The lowest BCUT2D eigenvalue weighted by Gasteiger charge is -2.40. The van der Waals surface area contributed by atoms with Gasteiger partial charge in [0.25, 0.3) is 0 Å². The topological polar surface area (TPSA) is 149 Å². The summed E-state index contributed by atoms with van der Waals surface area (Å²) in [5.41, 5.74) is 0. The Balaban J connectivity index is 2.04. The van der Waals surface area contributed by atoms with Gasteiger partial charge in [0.1, 0.15) is 24.4 Å². The minimum atomic E-state index is -1.57. The van der Waals surface area contributed by atoms with E-state index in [4.69, 9.17) is 9.47 Å². The Morgan fingerprint density at radius 2 is 0.939 bits per heavy atom. The van der Waals surface area contributed by atoms with Crippen LogP contribution < -0.4 is 5.32 Å². The SMILES string of the molecule is CC/C=C\C/C=C\C/C=C\C/C=C\C/C=C\C/C=C\C/C=C\CCCCCCCCCCCCCCCCCC(=O)NC(COC1OC(CO)C(O)C(O)C1O)C(O)/C=C/CCCCCC. The molecule has 0 aromatic rings. The van der Waals surface area contributed by atoms with E-state index in [1.54, 1.807) is 6.08 Å². The van der Waals surface area contributed by atoms with Crippen LogP contribution in [0.5, 0.6) is 0 Å². The highest BCUT2D eigenvalue weighted by Gasteiger charge is 2.44. The molecule has 6 N–H and O–H groups in total. The van der Waals surface area contributed by atoms with Gasteiger partial charge in [-0.1, -0.05) is 214 Å². The number of unbranched alkanes of at least 4 members (excludes halogenated alkanes) is 19. The number of allylic oxidation sites excluding steroid dienone is 15. The fourth-order valence-electron chi connectivity index (χ4n) is 7.72. The Morgan fingerprint density at radius 3 is 1.39 bits per heavy atom. The van der Waals surface area contributed by atoms with Gasteiger partial charge in [-0.2, -0.15) is 0 Å². The lowest BCUT2D eigenvalue weighted by atomic mass is 9.99. The molecular formula is C57H97NO8. The lowest BCUT2D eigenvalue weighted by Crippen LogP contribution is -2.60. The second-order valence-corrected chi connectivity index (χ2v) is 17.9. The normalized spacial score (nSPS) is 20.6. The van der Waals surface area contributed by atoms with Crippen LogP contribution in [0.1, 0.15) is 200 Å². The number of aliphatic hydroxyl groups is 5. The maximum absolute atomic E-state index is 12.9. The summed E-state index contributed by atoms with van der Waals surface area (Å²) in [5.74, 6) is -0.187. The van der Waals surface area contributed by atoms with Crippen LogP contribution in [-0.2, 0) is 14.3 Å². The molecule has 7 atom stereocenters. The van der Waals surface area contributed by atoms with Crippen LogP contribution in [0.4, 0.5) is 0 Å². The van der Waals surface area contributed by atoms with Crippen molar-refractivity contribution in [3.63, 3.8) is 0 Å². The van der Waals surface area contributed by atoms with Gasteiger partial charge in [-0.3, -0.25) is 4.79 Å². The number of carbonyl (C=O) groups excluding carboxylic acids is 1. The van der Waals surface area contributed by atoms with Crippen LogP contribution in [0.25, 0.3) is 0 Å². The summed E-state index contributed by atoms with van der Waals surface area (Å²) in [5, 5.41) is 53.9. The summed E-state index contributed by atoms with van der Waals surface area (Å²) in [6.45, 7) is 3.56. The zero-order chi connectivity index (χ0) is 48.0. The minimum absolute atomic E-state index is 0.187. The molecule has 0 aromatic heterocycles. The van der Waals surface area contributed by atoms with Crippen molar-refractivity contribution in [3.8, 4) is 0 Å². The van der Waals surface area contributed by atoms with Gasteiger partial charge in [0.05, 0.1) is 25.4 Å². The van der Waals surface area contributed by atoms with E-state index in [1.807, 2.05) is 6.08 Å². The lowest BCUT2D eigenvalue weighted by molar-refractivity contribution is -0.302. The van der Waals surface area contributed by atoms with Crippen LogP contribution in [0.15, 0.2) is 97.2 Å². The second-order valence-electron chi connectivity index (χ2n) is 17.9. The molecular weight excluding hydrogens is 827 g/mol. The molecule has 1 saturated heterocycles. The maximum Gasteiger partial charge on any atom is 0.220 e. The first-order valence-corrected chi connectivity index (χ1v) is 26.5. The van der Waals surface area contributed by atoms with Crippen molar-refractivity contribution in [3.05, 3.63) is 97.2 Å². The van der Waals surface area contributed by atoms with Crippen molar-refractivity contribution in [2.75, 3.05) is 13.2 Å². The third kappa shape index (κ3) is 35.3. The first kappa shape index (κ1) is 61.1. The molecule has 7 unspecified atom stereocenters. The van der Waals surface area contributed by atoms with Gasteiger partial charge in [0.2, 0.25) is 5.91 Å². The van der Waals surface area contributed by atoms with Gasteiger partial charge in [-0.15, -0.1) is 0 Å². The number of hydrogen-bond acceptors (Lipinski definition) is 8. The van der Waals surface area contributed by atoms with Crippen LogP contribution in [0, 0.1) is 0 Å². The summed E-state index contributed by atoms with van der Waals surface area (Å²) in [7, 11) is 0. The molecule has 1 aliphatic rings. The van der Waals surface area contributed by atoms with Crippen molar-refractivity contribution in [1.82, 2.24) is 5.32 Å². The van der Waals surface area contributed by atoms with Crippen molar-refractivity contribution >= 4 is 5.91 Å². The van der Waals surface area contributed by atoms with E-state index in [2.05, 4.69) is 104 Å². The van der Waals surface area contributed by atoms with E-state index in [9.17, 15) is 30.3 Å². The molecule has 0 aliphatic carbocycles. The van der Waals surface area contributed by atoms with Gasteiger partial charge in [-0.25, -0.2) is 0 Å². The minimum Gasteiger partial charge on any atom is -0.394 e. The number of ether oxygens (including phenoxy) is 2. The molecule has 1 heterocycles. The summed E-state index contributed by atoms with van der Waals surface area (Å²) >= 11 is 0. The van der Waals surface area contributed by atoms with E-state index in [1.165, 1.54) is 83.5 Å². The Kier molecular flexibility index (Phi) is 42.5. The predicted octanol–water partition coefficient (Wildman–Crippen LogP) is 12.5. The quantitative estimate of drug-likeness (QED) is 0.0262. The van der Waals surface area contributed by atoms with E-state index >= 15 is 0 Å². The van der Waals surface area contributed by atoms with Crippen molar-refractivity contribution in [2.45, 2.75) is 243 Å². The molecule has 1 rings (SSSR count). The summed E-state index contributed by atoms with van der Waals surface area (Å²) in [6.07, 6.45) is 59.5. The monoisotopic (exact) mass is 924 g/mol. The molecule has 378 valence electrons. The molecule has 0 saturated carbocycles. The van der Waals surface area contributed by atoms with Crippen LogP contribution in [0.2, 0.25) is 0 Å². The molecule has 0 aromatic carbocycles. The number of amides is 1. The number of hydrogen-bond donors (Lipinski definition) is 6.